The van der Waals surface area contributed by atoms with Crippen molar-refractivity contribution < 1.29 is 33.0 Å². The van der Waals surface area contributed by atoms with E-state index in [0.717, 1.165) is 19.6 Å². The summed E-state index contributed by atoms with van der Waals surface area (Å²) in [7, 11) is 1.50. The van der Waals surface area contributed by atoms with Crippen LogP contribution in [0.1, 0.15) is 28.6 Å². The van der Waals surface area contributed by atoms with Crippen LogP contribution in [0.5, 0.6) is 5.75 Å². The maximum Gasteiger partial charge on any atom is 0.290 e. The molecule has 1 atom stereocenters. The number of aliphatic hydroxyl groups excluding tert-OH is 1. The number of hydrogen-bond donors (Lipinski definition) is 1. The van der Waals surface area contributed by atoms with Gasteiger partial charge in [0.2, 0.25) is 5.78 Å². The van der Waals surface area contributed by atoms with Crippen LogP contribution in [0.25, 0.3) is 11.0 Å². The SMILES string of the molecule is COc1cccc2cc(C(=O)C3=C(O)C(=O)N(CCCN4CCOCC4)[C@H]3c3ccc(F)cc3)oc12. The molecule has 1 fully saturated rings. The Morgan fingerprint density at radius 1 is 1.14 bits per heavy atom. The lowest BCUT2D eigenvalue weighted by Crippen LogP contribution is -2.39. The van der Waals surface area contributed by atoms with Gasteiger partial charge in [-0.3, -0.25) is 14.5 Å². The second-order valence-electron chi connectivity index (χ2n) is 8.84. The molecule has 5 rings (SSSR count). The normalized spacial score (nSPS) is 18.9. The van der Waals surface area contributed by atoms with E-state index >= 15 is 0 Å². The number of benzene rings is 2. The van der Waals surface area contributed by atoms with Crippen molar-refractivity contribution in [1.82, 2.24) is 9.80 Å². The predicted octanol–water partition coefficient (Wildman–Crippen LogP) is 3.88. The number of carbonyl (C=O) groups excluding carboxylic acids is 2. The molecule has 36 heavy (non-hydrogen) atoms. The fourth-order valence-corrected chi connectivity index (χ4v) is 4.84. The molecule has 8 nitrogen and oxygen atoms in total. The zero-order valence-electron chi connectivity index (χ0n) is 19.9. The van der Waals surface area contributed by atoms with Crippen LogP contribution in [0.2, 0.25) is 0 Å². The van der Waals surface area contributed by atoms with Gasteiger partial charge in [-0.05, 0) is 36.2 Å². The maximum absolute atomic E-state index is 13.7. The summed E-state index contributed by atoms with van der Waals surface area (Å²) in [5.74, 6) is -1.86. The zero-order valence-corrected chi connectivity index (χ0v) is 19.9. The van der Waals surface area contributed by atoms with Crippen molar-refractivity contribution in [3.05, 3.63) is 77.0 Å². The molecule has 9 heteroatoms. The molecule has 1 N–H and O–H groups in total. The summed E-state index contributed by atoms with van der Waals surface area (Å²) < 4.78 is 30.2. The van der Waals surface area contributed by atoms with Crippen molar-refractivity contribution in [2.75, 3.05) is 46.5 Å². The second kappa shape index (κ2) is 10.1. The Kier molecular flexibility index (Phi) is 6.75. The van der Waals surface area contributed by atoms with Gasteiger partial charge in [0.1, 0.15) is 5.82 Å². The quantitative estimate of drug-likeness (QED) is 0.475. The minimum Gasteiger partial charge on any atom is -0.503 e. The molecule has 3 heterocycles. The van der Waals surface area contributed by atoms with Crippen molar-refractivity contribution in [1.29, 1.82) is 0 Å². The third-order valence-corrected chi connectivity index (χ3v) is 6.66. The van der Waals surface area contributed by atoms with E-state index in [0.29, 0.717) is 48.5 Å². The first-order chi connectivity index (χ1) is 17.5. The number of methoxy groups -OCH3 is 1. The van der Waals surface area contributed by atoms with Crippen molar-refractivity contribution in [2.45, 2.75) is 12.5 Å². The molecule has 3 aromatic rings. The number of Topliss-reactive ketones (excluding diaryl/α,β-unsaturated/α-hetero) is 1. The van der Waals surface area contributed by atoms with Crippen LogP contribution in [0.15, 0.2) is 64.3 Å². The molecule has 0 spiro atoms. The first-order valence-corrected chi connectivity index (χ1v) is 11.9. The Hall–Kier alpha value is -3.69. The van der Waals surface area contributed by atoms with E-state index in [-0.39, 0.29) is 11.3 Å². The van der Waals surface area contributed by atoms with Gasteiger partial charge in [-0.15, -0.1) is 0 Å². The van der Waals surface area contributed by atoms with Gasteiger partial charge < -0.3 is 23.9 Å². The summed E-state index contributed by atoms with van der Waals surface area (Å²) >= 11 is 0. The number of hydrogen-bond acceptors (Lipinski definition) is 7. The predicted molar refractivity (Wildman–Crippen MR) is 129 cm³/mol. The molecule has 2 aromatic carbocycles. The minimum atomic E-state index is -0.870. The van der Waals surface area contributed by atoms with E-state index < -0.39 is 29.3 Å². The number of carbonyl (C=O) groups is 2. The Labute approximate surface area is 207 Å². The van der Waals surface area contributed by atoms with Crippen LogP contribution in [-0.4, -0.2) is 73.1 Å². The van der Waals surface area contributed by atoms with Crippen LogP contribution in [0, 0.1) is 5.82 Å². The van der Waals surface area contributed by atoms with Crippen molar-refractivity contribution >= 4 is 22.7 Å². The first-order valence-electron chi connectivity index (χ1n) is 11.9. The highest BCUT2D eigenvalue weighted by Gasteiger charge is 2.44. The summed E-state index contributed by atoms with van der Waals surface area (Å²) in [5.41, 5.74) is 0.835. The molecule has 0 bridgehead atoms. The monoisotopic (exact) mass is 494 g/mol. The number of aliphatic hydroxyl groups is 1. The van der Waals surface area contributed by atoms with E-state index in [9.17, 15) is 19.1 Å². The number of halogens is 1. The molecule has 0 radical (unpaired) electrons. The number of ketones is 1. The number of furan rings is 1. The van der Waals surface area contributed by atoms with E-state index in [1.165, 1.54) is 36.3 Å². The topological polar surface area (TPSA) is 92.5 Å². The average molecular weight is 495 g/mol. The van der Waals surface area contributed by atoms with E-state index in [2.05, 4.69) is 4.90 Å². The van der Waals surface area contributed by atoms with Gasteiger partial charge in [-0.2, -0.15) is 0 Å². The summed E-state index contributed by atoms with van der Waals surface area (Å²) in [4.78, 5) is 30.5. The van der Waals surface area contributed by atoms with Crippen LogP contribution in [0.4, 0.5) is 4.39 Å². The molecule has 188 valence electrons. The first kappa shape index (κ1) is 24.0. The van der Waals surface area contributed by atoms with Crippen molar-refractivity contribution in [2.24, 2.45) is 0 Å². The van der Waals surface area contributed by atoms with Crippen molar-refractivity contribution in [3.8, 4) is 5.75 Å². The van der Waals surface area contributed by atoms with Crippen LogP contribution in [0.3, 0.4) is 0 Å². The fourth-order valence-electron chi connectivity index (χ4n) is 4.84. The summed E-state index contributed by atoms with van der Waals surface area (Å²) in [6, 6.07) is 11.6. The summed E-state index contributed by atoms with van der Waals surface area (Å²) in [5, 5.41) is 11.5. The summed E-state index contributed by atoms with van der Waals surface area (Å²) in [6.07, 6.45) is 0.639. The number of fused-ring (bicyclic) bond motifs is 1. The lowest BCUT2D eigenvalue weighted by molar-refractivity contribution is -0.129. The number of ether oxygens (including phenoxy) is 2. The van der Waals surface area contributed by atoms with E-state index in [4.69, 9.17) is 13.9 Å². The van der Waals surface area contributed by atoms with Gasteiger partial charge in [-0.25, -0.2) is 4.39 Å². The molecule has 2 aliphatic rings. The molecular weight excluding hydrogens is 467 g/mol. The molecular formula is C27H27FN2O6. The smallest absolute Gasteiger partial charge is 0.290 e. The zero-order chi connectivity index (χ0) is 25.2. The van der Waals surface area contributed by atoms with Crippen LogP contribution in [-0.2, 0) is 9.53 Å². The molecule has 1 aromatic heterocycles. The Balaban J connectivity index is 1.46. The molecule has 0 unspecified atom stereocenters. The van der Waals surface area contributed by atoms with E-state index in [1.54, 1.807) is 24.3 Å². The maximum atomic E-state index is 13.7. The molecule has 2 aliphatic heterocycles. The number of morpholine rings is 1. The molecule has 0 saturated carbocycles. The highest BCUT2D eigenvalue weighted by Crippen LogP contribution is 2.40. The fraction of sp³-hybridized carbons (Fsp3) is 0.333. The number of rotatable bonds is 8. The second-order valence-corrected chi connectivity index (χ2v) is 8.84. The highest BCUT2D eigenvalue weighted by molar-refractivity contribution is 6.16. The van der Waals surface area contributed by atoms with Crippen molar-refractivity contribution in [3.63, 3.8) is 0 Å². The van der Waals surface area contributed by atoms with Gasteiger partial charge in [-0.1, -0.05) is 24.3 Å². The molecule has 0 aliphatic carbocycles. The van der Waals surface area contributed by atoms with E-state index in [1.807, 2.05) is 0 Å². The highest BCUT2D eigenvalue weighted by atomic mass is 19.1. The minimum absolute atomic E-state index is 0.0221. The summed E-state index contributed by atoms with van der Waals surface area (Å²) in [6.45, 7) is 4.04. The van der Waals surface area contributed by atoms with Crippen LogP contribution >= 0.6 is 0 Å². The van der Waals surface area contributed by atoms with Gasteiger partial charge in [0.25, 0.3) is 5.91 Å². The van der Waals surface area contributed by atoms with Crippen LogP contribution < -0.4 is 4.74 Å². The Morgan fingerprint density at radius 2 is 1.89 bits per heavy atom. The average Bonchev–Trinajstić information content (AvgIpc) is 3.44. The van der Waals surface area contributed by atoms with Gasteiger partial charge in [0.15, 0.2) is 22.9 Å². The number of nitrogens with zero attached hydrogens (tertiary/aromatic N) is 2. The standard InChI is InChI=1S/C27H27FN2O6/c1-34-20-5-2-4-18-16-21(36-26(18)20)24(31)22-23(17-6-8-19(28)9-7-17)30(27(33)25(22)32)11-3-10-29-12-14-35-15-13-29/h2,4-9,16,23,32H,3,10-15H2,1H3/t23-/m0/s1. The third-order valence-electron chi connectivity index (χ3n) is 6.66. The lowest BCUT2D eigenvalue weighted by atomic mass is 9.95. The lowest BCUT2D eigenvalue weighted by Gasteiger charge is -2.30. The third kappa shape index (κ3) is 4.47. The molecule has 1 amide bonds. The van der Waals surface area contributed by atoms with Gasteiger partial charge in [0.05, 0.1) is 31.9 Å². The number of amides is 1. The largest absolute Gasteiger partial charge is 0.503 e. The molecule has 1 saturated heterocycles. The Morgan fingerprint density at radius 3 is 2.61 bits per heavy atom. The van der Waals surface area contributed by atoms with Gasteiger partial charge >= 0.3 is 0 Å². The van der Waals surface area contributed by atoms with Gasteiger partial charge in [0, 0.05) is 31.6 Å². The Bertz CT molecular complexity index is 1310. The number of para-hydroxylation sites is 1.